The van der Waals surface area contributed by atoms with Gasteiger partial charge < -0.3 is 9.47 Å². The highest BCUT2D eigenvalue weighted by atomic mass is 127. The third kappa shape index (κ3) is 6.64. The van der Waals surface area contributed by atoms with Crippen molar-refractivity contribution in [2.75, 3.05) is 13.2 Å². The smallest absolute Gasteiger partial charge is 0.353 e. The number of hydrogen-bond acceptors (Lipinski definition) is 2. The topological polar surface area (TPSA) is 18.5 Å². The summed E-state index contributed by atoms with van der Waals surface area (Å²) in [4.78, 5) is 0. The van der Waals surface area contributed by atoms with Crippen molar-refractivity contribution in [3.8, 4) is 0 Å². The predicted octanol–water partition coefficient (Wildman–Crippen LogP) is 6.88. The van der Waals surface area contributed by atoms with Crippen LogP contribution >= 0.6 is 22.6 Å². The molecule has 1 saturated heterocycles. The normalized spacial score (nSPS) is 20.5. The predicted molar refractivity (Wildman–Crippen MR) is 91.0 cm³/mol. The fraction of sp³-hybridized carbons (Fsp3) is 0.875. The van der Waals surface area contributed by atoms with E-state index in [2.05, 4.69) is 0 Å². The maximum Gasteiger partial charge on any atom is 0.460 e. The van der Waals surface area contributed by atoms with E-state index in [1.807, 2.05) is 0 Å². The zero-order valence-electron chi connectivity index (χ0n) is 14.6. The number of ether oxygens (including phenoxy) is 2. The number of alkyl halides is 9. The minimum absolute atomic E-state index is 0.163. The molecule has 0 radical (unpaired) electrons. The quantitative estimate of drug-likeness (QED) is 0.170. The first-order valence-corrected chi connectivity index (χ1v) is 9.61. The van der Waals surface area contributed by atoms with Crippen LogP contribution in [0.15, 0.2) is 9.66 Å². The summed E-state index contributed by atoms with van der Waals surface area (Å²) < 4.78 is 125. The Labute approximate surface area is 169 Å². The molecule has 1 aliphatic rings. The fourth-order valence-electron chi connectivity index (χ4n) is 2.38. The van der Waals surface area contributed by atoms with Gasteiger partial charge in [-0.05, 0) is 64.7 Å². The molecule has 1 unspecified atom stereocenters. The summed E-state index contributed by atoms with van der Waals surface area (Å²) in [5.41, 5.74) is 0. The van der Waals surface area contributed by atoms with Crippen LogP contribution in [0, 0.1) is 0 Å². The monoisotopic (exact) mass is 542 g/mol. The van der Waals surface area contributed by atoms with Gasteiger partial charge in [-0.3, -0.25) is 0 Å². The van der Waals surface area contributed by atoms with Crippen LogP contribution in [-0.4, -0.2) is 43.4 Å². The van der Waals surface area contributed by atoms with E-state index in [1.54, 1.807) is 0 Å². The van der Waals surface area contributed by atoms with Crippen molar-refractivity contribution in [1.29, 1.82) is 0 Å². The van der Waals surface area contributed by atoms with E-state index in [4.69, 9.17) is 9.47 Å². The van der Waals surface area contributed by atoms with E-state index in [9.17, 15) is 39.5 Å². The van der Waals surface area contributed by atoms with Crippen LogP contribution in [0.25, 0.3) is 0 Å². The van der Waals surface area contributed by atoms with E-state index in [1.165, 1.54) is 22.6 Å². The van der Waals surface area contributed by atoms with Crippen LogP contribution in [0.1, 0.15) is 44.9 Å². The molecule has 1 atom stereocenters. The molecule has 2 nitrogen and oxygen atoms in total. The molecular formula is C16H20F9IO2. The lowest BCUT2D eigenvalue weighted by atomic mass is 10.0. The molecule has 0 saturated carbocycles. The summed E-state index contributed by atoms with van der Waals surface area (Å²) in [6.45, 7) is 0.955. The first-order chi connectivity index (χ1) is 12.7. The average molecular weight is 542 g/mol. The van der Waals surface area contributed by atoms with Gasteiger partial charge in [-0.1, -0.05) is 6.42 Å². The van der Waals surface area contributed by atoms with Gasteiger partial charge in [-0.25, -0.2) is 0 Å². The van der Waals surface area contributed by atoms with Gasteiger partial charge in [-0.15, -0.1) is 0 Å². The van der Waals surface area contributed by atoms with Gasteiger partial charge in [0.1, 0.15) is 0 Å². The minimum atomic E-state index is -6.87. The second kappa shape index (κ2) is 10.2. The Kier molecular flexibility index (Phi) is 9.38. The molecule has 0 aromatic carbocycles. The van der Waals surface area contributed by atoms with Gasteiger partial charge in [0.15, 0.2) is 6.29 Å². The first-order valence-electron chi connectivity index (χ1n) is 8.53. The van der Waals surface area contributed by atoms with E-state index < -0.39 is 33.6 Å². The van der Waals surface area contributed by atoms with Crippen molar-refractivity contribution in [1.82, 2.24) is 0 Å². The number of allylic oxidation sites excluding steroid dienone is 2. The zero-order valence-corrected chi connectivity index (χ0v) is 16.8. The molecule has 166 valence electrons. The Morgan fingerprint density at radius 3 is 2.11 bits per heavy atom. The molecule has 1 rings (SSSR count). The maximum absolute atomic E-state index is 13.5. The van der Waals surface area contributed by atoms with Crippen molar-refractivity contribution in [3.63, 3.8) is 0 Å². The Hall–Kier alpha value is -0.240. The van der Waals surface area contributed by atoms with Gasteiger partial charge in [-0.2, -0.15) is 39.5 Å². The summed E-state index contributed by atoms with van der Waals surface area (Å²) in [6.07, 6.45) is -3.82. The molecular weight excluding hydrogens is 522 g/mol. The SMILES string of the molecule is FC(F)(F)C(F)(F)C(F)(F)C(F)(F)/C=C(/I)CCCCCOC1CCCCO1. The van der Waals surface area contributed by atoms with Crippen molar-refractivity contribution in [3.05, 3.63) is 9.66 Å². The van der Waals surface area contributed by atoms with Gasteiger partial charge in [0, 0.05) is 19.3 Å². The summed E-state index contributed by atoms with van der Waals surface area (Å²) in [5, 5.41) is 0. The first kappa shape index (κ1) is 25.8. The Morgan fingerprint density at radius 1 is 0.929 bits per heavy atom. The highest BCUT2D eigenvalue weighted by molar-refractivity contribution is 14.1. The minimum Gasteiger partial charge on any atom is -0.353 e. The largest absolute Gasteiger partial charge is 0.460 e. The maximum atomic E-state index is 13.5. The number of rotatable bonds is 10. The van der Waals surface area contributed by atoms with Crippen LogP contribution in [0.3, 0.4) is 0 Å². The van der Waals surface area contributed by atoms with Gasteiger partial charge in [0.05, 0.1) is 0 Å². The Balaban J connectivity index is 2.47. The van der Waals surface area contributed by atoms with Crippen LogP contribution in [0.5, 0.6) is 0 Å². The molecule has 12 heteroatoms. The highest BCUT2D eigenvalue weighted by Gasteiger charge is 2.81. The molecule has 1 aliphatic heterocycles. The lowest BCUT2D eigenvalue weighted by Crippen LogP contribution is -2.60. The van der Waals surface area contributed by atoms with Crippen molar-refractivity contribution < 1.29 is 49.0 Å². The second-order valence-corrected chi connectivity index (χ2v) is 7.72. The van der Waals surface area contributed by atoms with E-state index in [0.29, 0.717) is 26.1 Å². The zero-order chi connectivity index (χ0) is 21.6. The third-order valence-electron chi connectivity index (χ3n) is 4.01. The van der Waals surface area contributed by atoms with Crippen LogP contribution in [0.4, 0.5) is 39.5 Å². The van der Waals surface area contributed by atoms with Crippen LogP contribution in [0.2, 0.25) is 0 Å². The summed E-state index contributed by atoms with van der Waals surface area (Å²) in [7, 11) is 0. The Morgan fingerprint density at radius 2 is 1.57 bits per heavy atom. The molecule has 0 spiro atoms. The molecule has 0 amide bonds. The van der Waals surface area contributed by atoms with Crippen LogP contribution in [-0.2, 0) is 9.47 Å². The molecule has 0 aliphatic carbocycles. The van der Waals surface area contributed by atoms with Crippen molar-refractivity contribution in [2.45, 2.75) is 75.2 Å². The van der Waals surface area contributed by atoms with Gasteiger partial charge in [0.25, 0.3) is 0 Å². The second-order valence-electron chi connectivity index (χ2n) is 6.34. The molecule has 28 heavy (non-hydrogen) atoms. The van der Waals surface area contributed by atoms with Crippen molar-refractivity contribution in [2.24, 2.45) is 0 Å². The lowest BCUT2D eigenvalue weighted by molar-refractivity contribution is -0.388. The van der Waals surface area contributed by atoms with Gasteiger partial charge in [0.2, 0.25) is 0 Å². The molecule has 0 aromatic heterocycles. The number of unbranched alkanes of at least 4 members (excludes halogenated alkanes) is 2. The summed E-state index contributed by atoms with van der Waals surface area (Å²) in [6, 6.07) is 0. The molecule has 0 bridgehead atoms. The van der Waals surface area contributed by atoms with E-state index in [0.717, 1.165) is 19.3 Å². The Bertz CT molecular complexity index is 515. The van der Waals surface area contributed by atoms with Crippen molar-refractivity contribution >= 4 is 22.6 Å². The highest BCUT2D eigenvalue weighted by Crippen LogP contribution is 2.53. The third-order valence-corrected chi connectivity index (χ3v) is 4.86. The molecule has 1 heterocycles. The lowest BCUT2D eigenvalue weighted by Gasteiger charge is -2.32. The number of halogens is 10. The molecule has 1 fully saturated rings. The molecule has 0 N–H and O–H groups in total. The summed E-state index contributed by atoms with van der Waals surface area (Å²) >= 11 is 1.22. The summed E-state index contributed by atoms with van der Waals surface area (Å²) in [5.74, 6) is -19.1. The van der Waals surface area contributed by atoms with E-state index >= 15 is 0 Å². The standard InChI is InChI=1S/C16H20F9IO2/c17-13(18,14(19,20)15(21,22)16(23,24)25)10-11(26)6-2-1-4-8-27-12-7-3-5-9-28-12/h10,12H,1-9H2/b11-10+. The average Bonchev–Trinajstić information content (AvgIpc) is 2.57. The fourth-order valence-corrected chi connectivity index (χ4v) is 3.15. The van der Waals surface area contributed by atoms with E-state index in [-0.39, 0.29) is 19.1 Å². The molecule has 0 aromatic rings. The van der Waals surface area contributed by atoms with Gasteiger partial charge >= 0.3 is 23.9 Å². The number of hydrogen-bond donors (Lipinski definition) is 0. The van der Waals surface area contributed by atoms with Crippen LogP contribution < -0.4 is 0 Å².